The first-order valence-electron chi connectivity index (χ1n) is 8.80. The van der Waals surface area contributed by atoms with E-state index in [1.54, 1.807) is 31.2 Å². The number of nitrogens with zero attached hydrogens (tertiary/aromatic N) is 1. The van der Waals surface area contributed by atoms with Crippen LogP contribution in [0.25, 0.3) is 0 Å². The Hall–Kier alpha value is -2.95. The highest BCUT2D eigenvalue weighted by Crippen LogP contribution is 2.63. The van der Waals surface area contributed by atoms with Crippen molar-refractivity contribution in [1.82, 2.24) is 4.90 Å². The first-order chi connectivity index (χ1) is 12.5. The zero-order valence-electron chi connectivity index (χ0n) is 14.1. The van der Waals surface area contributed by atoms with Crippen molar-refractivity contribution in [1.29, 1.82) is 0 Å². The van der Waals surface area contributed by atoms with Gasteiger partial charge in [0.1, 0.15) is 0 Å². The highest BCUT2D eigenvalue weighted by Gasteiger charge is 2.68. The van der Waals surface area contributed by atoms with E-state index in [1.165, 1.54) is 4.90 Å². The van der Waals surface area contributed by atoms with E-state index in [1.807, 2.05) is 24.3 Å². The second kappa shape index (κ2) is 4.81. The second-order valence-electron chi connectivity index (χ2n) is 7.17. The average Bonchev–Trinajstić information content (AvgIpc) is 2.92. The summed E-state index contributed by atoms with van der Waals surface area (Å²) in [5.74, 6) is -3.94. The van der Waals surface area contributed by atoms with Gasteiger partial charge in [0.05, 0.1) is 23.2 Å². The molecule has 2 bridgehead atoms. The fraction of sp³-hybridized carbons (Fsp3) is 0.286. The Morgan fingerprint density at radius 3 is 2.04 bits per heavy atom. The molecule has 5 nitrogen and oxygen atoms in total. The van der Waals surface area contributed by atoms with Crippen LogP contribution in [0.5, 0.6) is 0 Å². The van der Waals surface area contributed by atoms with Crippen molar-refractivity contribution in [2.75, 3.05) is 6.54 Å². The van der Waals surface area contributed by atoms with Crippen molar-refractivity contribution < 1.29 is 19.5 Å². The summed E-state index contributed by atoms with van der Waals surface area (Å²) in [5, 5.41) is 12.7. The molecule has 3 aliphatic carbocycles. The smallest absolute Gasteiger partial charge is 0.234 e. The van der Waals surface area contributed by atoms with Crippen molar-refractivity contribution >= 4 is 17.8 Å². The van der Waals surface area contributed by atoms with Gasteiger partial charge in [0.25, 0.3) is 0 Å². The molecule has 5 heteroatoms. The molecule has 2 atom stereocenters. The third-order valence-electron chi connectivity index (χ3n) is 6.35. The summed E-state index contributed by atoms with van der Waals surface area (Å²) >= 11 is 0. The quantitative estimate of drug-likeness (QED) is 0.754. The van der Waals surface area contributed by atoms with E-state index < -0.39 is 29.1 Å². The van der Waals surface area contributed by atoms with Gasteiger partial charge in [-0.1, -0.05) is 48.5 Å². The third kappa shape index (κ3) is 1.43. The first-order valence-corrected chi connectivity index (χ1v) is 8.80. The number of imide groups is 1. The van der Waals surface area contributed by atoms with Gasteiger partial charge in [-0.25, -0.2) is 0 Å². The number of rotatable bonds is 2. The number of likely N-dealkylation sites (tertiary alicyclic amines) is 1. The zero-order valence-corrected chi connectivity index (χ0v) is 14.1. The van der Waals surface area contributed by atoms with Crippen LogP contribution in [0.1, 0.15) is 35.1 Å². The van der Waals surface area contributed by atoms with Crippen molar-refractivity contribution in [2.24, 2.45) is 11.8 Å². The number of aliphatic carboxylic acids is 1. The SMILES string of the molecule is CCN1C(=O)[C@@H]2C3c4ccccc4C(C(=O)[O-])(c4ccccc43)[C@H]2C1=O. The standard InChI is InChI=1S/C21H17NO4/c1-2-22-18(23)16-15-11-7-3-5-9-13(11)21(20(25)26,17(16)19(22)24)14-10-6-4-8-12(14)15/h3-10,15-17H,2H2,1H3,(H,25,26)/p-1/t15?,16-,17-,21?/m1/s1. The molecule has 2 amide bonds. The molecule has 1 aliphatic heterocycles. The predicted octanol–water partition coefficient (Wildman–Crippen LogP) is 0.803. The lowest BCUT2D eigenvalue weighted by molar-refractivity contribution is -0.314. The lowest BCUT2D eigenvalue weighted by atomic mass is 9.47. The molecule has 0 unspecified atom stereocenters. The largest absolute Gasteiger partial charge is 0.549 e. The van der Waals surface area contributed by atoms with E-state index in [0.29, 0.717) is 11.1 Å². The molecule has 0 radical (unpaired) electrons. The molecule has 0 aromatic heterocycles. The van der Waals surface area contributed by atoms with E-state index in [0.717, 1.165) is 11.1 Å². The lowest BCUT2D eigenvalue weighted by Gasteiger charge is -2.54. The molecule has 0 saturated carbocycles. The summed E-state index contributed by atoms with van der Waals surface area (Å²) in [6.07, 6.45) is 0. The first kappa shape index (κ1) is 15.3. The number of carboxylic acids is 1. The fourth-order valence-corrected chi connectivity index (χ4v) is 5.49. The van der Waals surface area contributed by atoms with Crippen LogP contribution in [0.2, 0.25) is 0 Å². The van der Waals surface area contributed by atoms with Gasteiger partial charge in [-0.3, -0.25) is 14.5 Å². The van der Waals surface area contributed by atoms with Crippen LogP contribution in [-0.2, 0) is 19.8 Å². The van der Waals surface area contributed by atoms with Gasteiger partial charge in [0.2, 0.25) is 11.8 Å². The van der Waals surface area contributed by atoms with Crippen LogP contribution >= 0.6 is 0 Å². The van der Waals surface area contributed by atoms with E-state index in [2.05, 4.69) is 0 Å². The Labute approximate surface area is 150 Å². The predicted molar refractivity (Wildman–Crippen MR) is 89.9 cm³/mol. The summed E-state index contributed by atoms with van der Waals surface area (Å²) in [6.45, 7) is 1.98. The van der Waals surface area contributed by atoms with Crippen LogP contribution in [-0.4, -0.2) is 29.2 Å². The number of amides is 2. The summed E-state index contributed by atoms with van der Waals surface area (Å²) in [4.78, 5) is 40.0. The molecule has 26 heavy (non-hydrogen) atoms. The normalized spacial score (nSPS) is 30.8. The maximum Gasteiger partial charge on any atom is 0.234 e. The van der Waals surface area contributed by atoms with E-state index in [-0.39, 0.29) is 18.4 Å². The summed E-state index contributed by atoms with van der Waals surface area (Å²) in [7, 11) is 0. The highest BCUT2D eigenvalue weighted by atomic mass is 16.4. The van der Waals surface area contributed by atoms with Gasteiger partial charge < -0.3 is 9.90 Å². The minimum Gasteiger partial charge on any atom is -0.549 e. The number of hydrogen-bond acceptors (Lipinski definition) is 4. The molecule has 0 N–H and O–H groups in total. The van der Waals surface area contributed by atoms with Gasteiger partial charge in [-0.2, -0.15) is 0 Å². The molecule has 130 valence electrons. The maximum absolute atomic E-state index is 13.1. The van der Waals surface area contributed by atoms with E-state index in [9.17, 15) is 19.5 Å². The Kier molecular flexibility index (Phi) is 2.84. The second-order valence-corrected chi connectivity index (χ2v) is 7.17. The number of benzene rings is 2. The van der Waals surface area contributed by atoms with Gasteiger partial charge in [0, 0.05) is 12.5 Å². The summed E-state index contributed by atoms with van der Waals surface area (Å²) in [6, 6.07) is 14.5. The maximum atomic E-state index is 13.1. The Bertz CT molecular complexity index is 948. The summed E-state index contributed by atoms with van der Waals surface area (Å²) < 4.78 is 0. The monoisotopic (exact) mass is 346 g/mol. The molecule has 2 aromatic rings. The molecule has 1 fully saturated rings. The molecule has 4 aliphatic rings. The van der Waals surface area contributed by atoms with Crippen LogP contribution < -0.4 is 5.11 Å². The fourth-order valence-electron chi connectivity index (χ4n) is 5.49. The topological polar surface area (TPSA) is 77.5 Å². The molecule has 1 saturated heterocycles. The van der Waals surface area contributed by atoms with Crippen LogP contribution in [0, 0.1) is 11.8 Å². The molecule has 6 rings (SSSR count). The summed E-state index contributed by atoms with van der Waals surface area (Å²) in [5.41, 5.74) is 1.18. The van der Waals surface area contributed by atoms with Crippen molar-refractivity contribution in [3.05, 3.63) is 70.8 Å². The van der Waals surface area contributed by atoms with Gasteiger partial charge in [0.15, 0.2) is 0 Å². The van der Waals surface area contributed by atoms with Crippen LogP contribution in [0.3, 0.4) is 0 Å². The lowest BCUT2D eigenvalue weighted by Crippen LogP contribution is -2.61. The molecule has 2 aromatic carbocycles. The molecular weight excluding hydrogens is 330 g/mol. The van der Waals surface area contributed by atoms with Crippen molar-refractivity contribution in [2.45, 2.75) is 18.3 Å². The minimum atomic E-state index is -1.62. The number of carboxylic acid groups (broad SMARTS) is 1. The number of carbonyl (C=O) groups is 3. The number of carbonyl (C=O) groups excluding carboxylic acids is 3. The van der Waals surface area contributed by atoms with Crippen LogP contribution in [0.4, 0.5) is 0 Å². The van der Waals surface area contributed by atoms with Crippen molar-refractivity contribution in [3.63, 3.8) is 0 Å². The van der Waals surface area contributed by atoms with Crippen LogP contribution in [0.15, 0.2) is 48.5 Å². The molecule has 0 spiro atoms. The van der Waals surface area contributed by atoms with Gasteiger partial charge in [-0.15, -0.1) is 0 Å². The third-order valence-corrected chi connectivity index (χ3v) is 6.35. The number of hydrogen-bond donors (Lipinski definition) is 0. The highest BCUT2D eigenvalue weighted by molar-refractivity contribution is 6.11. The van der Waals surface area contributed by atoms with Gasteiger partial charge >= 0.3 is 0 Å². The Morgan fingerprint density at radius 1 is 1.00 bits per heavy atom. The van der Waals surface area contributed by atoms with E-state index in [4.69, 9.17) is 0 Å². The van der Waals surface area contributed by atoms with Gasteiger partial charge in [-0.05, 0) is 29.2 Å². The molecule has 1 heterocycles. The van der Waals surface area contributed by atoms with Crippen molar-refractivity contribution in [3.8, 4) is 0 Å². The molecular formula is C21H16NO4-. The Balaban J connectivity index is 1.95. The minimum absolute atomic E-state index is 0.243. The Morgan fingerprint density at radius 2 is 1.54 bits per heavy atom. The zero-order chi connectivity index (χ0) is 18.2. The van der Waals surface area contributed by atoms with E-state index >= 15 is 0 Å². The average molecular weight is 346 g/mol.